The van der Waals surface area contributed by atoms with E-state index < -0.39 is 0 Å². The summed E-state index contributed by atoms with van der Waals surface area (Å²) in [7, 11) is 0. The van der Waals surface area contributed by atoms with Crippen molar-refractivity contribution in [2.75, 3.05) is 5.32 Å². The molecule has 1 N–H and O–H groups in total. The van der Waals surface area contributed by atoms with Crippen LogP contribution < -0.4 is 5.32 Å². The molecule has 0 saturated carbocycles. The molecule has 0 spiro atoms. The Hall–Kier alpha value is -1.61. The predicted molar refractivity (Wildman–Crippen MR) is 106 cm³/mol. The van der Waals surface area contributed by atoms with Crippen LogP contribution in [0.5, 0.6) is 0 Å². The number of hydrogen-bond acceptors (Lipinski definition) is 2. The largest absolute Gasteiger partial charge is 0.326 e. The van der Waals surface area contributed by atoms with E-state index in [1.165, 1.54) is 17.7 Å². The van der Waals surface area contributed by atoms with Crippen LogP contribution in [0.3, 0.4) is 0 Å². The highest BCUT2D eigenvalue weighted by Crippen LogP contribution is 2.29. The van der Waals surface area contributed by atoms with E-state index in [0.717, 1.165) is 29.7 Å². The number of anilines is 1. The Morgan fingerprint density at radius 1 is 1.12 bits per heavy atom. The van der Waals surface area contributed by atoms with Crippen LogP contribution in [-0.4, -0.2) is 5.91 Å². The molecule has 1 aromatic heterocycles. The summed E-state index contributed by atoms with van der Waals surface area (Å²) in [5, 5.41) is 5.16. The summed E-state index contributed by atoms with van der Waals surface area (Å²) in [5.74, 6) is 0.122. The van der Waals surface area contributed by atoms with E-state index in [2.05, 4.69) is 61.8 Å². The maximum atomic E-state index is 12.2. The zero-order chi connectivity index (χ0) is 17.6. The minimum absolute atomic E-state index is 0.122. The molecule has 3 heteroatoms. The van der Waals surface area contributed by atoms with E-state index in [4.69, 9.17) is 0 Å². The highest BCUT2D eigenvalue weighted by molar-refractivity contribution is 7.13. The summed E-state index contributed by atoms with van der Waals surface area (Å²) < 4.78 is 0. The van der Waals surface area contributed by atoms with E-state index in [0.29, 0.717) is 11.8 Å². The van der Waals surface area contributed by atoms with Gasteiger partial charge < -0.3 is 5.32 Å². The number of amides is 1. The highest BCUT2D eigenvalue weighted by atomic mass is 32.1. The Morgan fingerprint density at radius 3 is 2.58 bits per heavy atom. The van der Waals surface area contributed by atoms with Gasteiger partial charge in [-0.1, -0.05) is 51.8 Å². The Morgan fingerprint density at radius 2 is 1.92 bits per heavy atom. The summed E-state index contributed by atoms with van der Waals surface area (Å²) in [4.78, 5) is 13.4. The van der Waals surface area contributed by atoms with Crippen molar-refractivity contribution in [2.24, 2.45) is 5.41 Å². The van der Waals surface area contributed by atoms with Gasteiger partial charge in [-0.15, -0.1) is 11.3 Å². The Balaban J connectivity index is 1.84. The van der Waals surface area contributed by atoms with Crippen LogP contribution in [0.2, 0.25) is 0 Å². The van der Waals surface area contributed by atoms with Crippen LogP contribution in [0.25, 0.3) is 10.4 Å². The van der Waals surface area contributed by atoms with Crippen LogP contribution in [0.15, 0.2) is 35.7 Å². The molecule has 2 nitrogen and oxygen atoms in total. The fourth-order valence-electron chi connectivity index (χ4n) is 2.68. The van der Waals surface area contributed by atoms with Crippen LogP contribution in [0, 0.1) is 12.3 Å². The van der Waals surface area contributed by atoms with Gasteiger partial charge in [0.1, 0.15) is 0 Å². The molecule has 24 heavy (non-hydrogen) atoms. The van der Waals surface area contributed by atoms with E-state index >= 15 is 0 Å². The Labute approximate surface area is 150 Å². The summed E-state index contributed by atoms with van der Waals surface area (Å²) in [6.45, 7) is 8.84. The van der Waals surface area contributed by atoms with Gasteiger partial charge in [0.15, 0.2) is 0 Å². The molecule has 0 fully saturated rings. The molecule has 0 aliphatic carbocycles. The fraction of sp³-hybridized carbons (Fsp3) is 0.476. The summed E-state index contributed by atoms with van der Waals surface area (Å²) in [5.41, 5.74) is 3.59. The fourth-order valence-corrected chi connectivity index (χ4v) is 3.41. The molecule has 0 aliphatic heterocycles. The average Bonchev–Trinajstić information content (AvgIpc) is 3.02. The topological polar surface area (TPSA) is 29.1 Å². The molecule has 2 aromatic rings. The molecule has 1 amide bonds. The maximum absolute atomic E-state index is 12.2. The van der Waals surface area contributed by atoms with E-state index in [1.54, 1.807) is 11.3 Å². The molecule has 0 bridgehead atoms. The SMILES string of the molecule is Cc1ccc(-c2cccs2)cc1NC(=O)CCCCCC(C)(C)C. The number of rotatable bonds is 7. The smallest absolute Gasteiger partial charge is 0.224 e. The molecular weight excluding hydrogens is 314 g/mol. The number of thiophene rings is 1. The molecule has 0 aliphatic rings. The van der Waals surface area contributed by atoms with Crippen molar-refractivity contribution in [3.8, 4) is 10.4 Å². The molecule has 1 heterocycles. The number of carbonyl (C=O) groups excluding carboxylic acids is 1. The first-order valence-electron chi connectivity index (χ1n) is 8.79. The van der Waals surface area contributed by atoms with Crippen molar-refractivity contribution in [2.45, 2.75) is 59.8 Å². The zero-order valence-corrected chi connectivity index (χ0v) is 16.1. The number of unbranched alkanes of at least 4 members (excludes halogenated alkanes) is 2. The van der Waals surface area contributed by atoms with Gasteiger partial charge in [-0.3, -0.25) is 4.79 Å². The third-order valence-corrected chi connectivity index (χ3v) is 5.07. The summed E-state index contributed by atoms with van der Waals surface area (Å²) >= 11 is 1.72. The van der Waals surface area contributed by atoms with Gasteiger partial charge in [-0.25, -0.2) is 0 Å². The summed E-state index contributed by atoms with van der Waals surface area (Å²) in [6, 6.07) is 10.4. The lowest BCUT2D eigenvalue weighted by molar-refractivity contribution is -0.116. The maximum Gasteiger partial charge on any atom is 0.224 e. The lowest BCUT2D eigenvalue weighted by Gasteiger charge is -2.17. The minimum atomic E-state index is 0.122. The number of nitrogens with one attached hydrogen (secondary N) is 1. The second-order valence-corrected chi connectivity index (χ2v) is 8.62. The van der Waals surface area contributed by atoms with Crippen LogP contribution in [0.1, 0.15) is 58.4 Å². The number of aryl methyl sites for hydroxylation is 1. The van der Waals surface area contributed by atoms with Crippen molar-refractivity contribution in [3.05, 3.63) is 41.3 Å². The van der Waals surface area contributed by atoms with Crippen molar-refractivity contribution in [1.29, 1.82) is 0 Å². The lowest BCUT2D eigenvalue weighted by Crippen LogP contribution is -2.12. The van der Waals surface area contributed by atoms with Crippen molar-refractivity contribution in [1.82, 2.24) is 0 Å². The number of benzene rings is 1. The van der Waals surface area contributed by atoms with Gasteiger partial charge >= 0.3 is 0 Å². The summed E-state index contributed by atoms with van der Waals surface area (Å²) in [6.07, 6.45) is 5.11. The zero-order valence-electron chi connectivity index (χ0n) is 15.3. The van der Waals surface area contributed by atoms with E-state index in [-0.39, 0.29) is 5.91 Å². The van der Waals surface area contributed by atoms with Crippen molar-refractivity contribution >= 4 is 22.9 Å². The Kier molecular flexibility index (Phi) is 6.61. The molecule has 1 aromatic carbocycles. The van der Waals surface area contributed by atoms with Gasteiger partial charge in [0.05, 0.1) is 0 Å². The Bertz CT molecular complexity index is 653. The molecule has 0 radical (unpaired) electrons. The van der Waals surface area contributed by atoms with Crippen molar-refractivity contribution in [3.63, 3.8) is 0 Å². The first kappa shape index (κ1) is 18.7. The van der Waals surface area contributed by atoms with Crippen molar-refractivity contribution < 1.29 is 4.79 Å². The second-order valence-electron chi connectivity index (χ2n) is 7.68. The molecule has 0 atom stereocenters. The normalized spacial score (nSPS) is 11.5. The lowest BCUT2D eigenvalue weighted by atomic mass is 9.89. The van der Waals surface area contributed by atoms with Gasteiger partial charge in [-0.2, -0.15) is 0 Å². The third-order valence-electron chi connectivity index (χ3n) is 4.15. The molecular formula is C21H29NOS. The monoisotopic (exact) mass is 343 g/mol. The van der Waals surface area contributed by atoms with Gasteiger partial charge in [0.2, 0.25) is 5.91 Å². The van der Waals surface area contributed by atoms with Gasteiger partial charge in [0.25, 0.3) is 0 Å². The first-order valence-corrected chi connectivity index (χ1v) is 9.67. The molecule has 0 saturated heterocycles. The molecule has 130 valence electrons. The second kappa shape index (κ2) is 8.48. The molecule has 2 rings (SSSR count). The predicted octanol–water partition coefficient (Wildman–Crippen LogP) is 6.66. The minimum Gasteiger partial charge on any atom is -0.326 e. The molecule has 0 unspecified atom stereocenters. The van der Waals surface area contributed by atoms with Gasteiger partial charge in [0, 0.05) is 17.0 Å². The number of hydrogen-bond donors (Lipinski definition) is 1. The van der Waals surface area contributed by atoms with Crippen LogP contribution in [-0.2, 0) is 4.79 Å². The van der Waals surface area contributed by atoms with Crippen LogP contribution in [0.4, 0.5) is 5.69 Å². The van der Waals surface area contributed by atoms with E-state index in [9.17, 15) is 4.79 Å². The highest BCUT2D eigenvalue weighted by Gasteiger charge is 2.10. The van der Waals surface area contributed by atoms with E-state index in [1.807, 2.05) is 6.92 Å². The quantitative estimate of drug-likeness (QED) is 0.560. The standard InChI is InChI=1S/C21H29NOS/c1-16-11-12-17(19-9-8-14-24-19)15-18(16)22-20(23)10-6-5-7-13-21(2,3)4/h8-9,11-12,14-15H,5-7,10,13H2,1-4H3,(H,22,23). The van der Waals surface area contributed by atoms with Crippen LogP contribution >= 0.6 is 11.3 Å². The first-order chi connectivity index (χ1) is 11.3. The van der Waals surface area contributed by atoms with Gasteiger partial charge in [-0.05, 0) is 53.8 Å². The third kappa shape index (κ3) is 6.12. The number of carbonyl (C=O) groups is 1. The average molecular weight is 344 g/mol.